The fraction of sp³-hybridized carbons (Fsp3) is 0.286. The number of nitrogens with zero attached hydrogens (tertiary/aromatic N) is 5. The number of halogens is 2. The van der Waals surface area contributed by atoms with Gasteiger partial charge in [-0.15, -0.1) is 10.2 Å². The fourth-order valence-corrected chi connectivity index (χ4v) is 4.53. The molecule has 8 heteroatoms. The zero-order valence-corrected chi connectivity index (χ0v) is 18.8. The van der Waals surface area contributed by atoms with Gasteiger partial charge in [-0.1, -0.05) is 54.9 Å². The van der Waals surface area contributed by atoms with Gasteiger partial charge in [0.15, 0.2) is 11.0 Å². The maximum Gasteiger partial charge on any atom is 0.191 e. The standard InChI is InChI=1S/C21H21Cl2N5S/c1-13(2)10-28-20(17-7-6-15(22)9-18(17)23)25-26-21(28)29-12-16-11-27-8-4-5-14(3)19(27)24-16/h4-9,11,13H,10,12H2,1-3H3. The lowest BCUT2D eigenvalue weighted by Gasteiger charge is -2.13. The van der Waals surface area contributed by atoms with Crippen LogP contribution in [0.1, 0.15) is 25.1 Å². The highest BCUT2D eigenvalue weighted by molar-refractivity contribution is 7.98. The predicted molar refractivity (Wildman–Crippen MR) is 120 cm³/mol. The first kappa shape index (κ1) is 20.3. The second-order valence-electron chi connectivity index (χ2n) is 7.38. The first-order valence-corrected chi connectivity index (χ1v) is 11.1. The van der Waals surface area contributed by atoms with E-state index in [-0.39, 0.29) is 0 Å². The molecular weight excluding hydrogens is 425 g/mol. The summed E-state index contributed by atoms with van der Waals surface area (Å²) in [6.07, 6.45) is 4.08. The largest absolute Gasteiger partial charge is 0.307 e. The van der Waals surface area contributed by atoms with E-state index in [1.54, 1.807) is 17.8 Å². The highest BCUT2D eigenvalue weighted by atomic mass is 35.5. The molecule has 29 heavy (non-hydrogen) atoms. The van der Waals surface area contributed by atoms with E-state index in [1.807, 2.05) is 24.4 Å². The van der Waals surface area contributed by atoms with E-state index < -0.39 is 0 Å². The molecule has 1 aromatic carbocycles. The Labute approximate surface area is 184 Å². The lowest BCUT2D eigenvalue weighted by atomic mass is 10.2. The lowest BCUT2D eigenvalue weighted by Crippen LogP contribution is -2.08. The van der Waals surface area contributed by atoms with Gasteiger partial charge in [-0.25, -0.2) is 4.98 Å². The molecule has 0 amide bonds. The Morgan fingerprint density at radius 3 is 2.69 bits per heavy atom. The number of pyridine rings is 1. The van der Waals surface area contributed by atoms with Gasteiger partial charge in [0, 0.05) is 35.3 Å². The highest BCUT2D eigenvalue weighted by Crippen LogP contribution is 2.32. The van der Waals surface area contributed by atoms with E-state index in [4.69, 9.17) is 28.2 Å². The summed E-state index contributed by atoms with van der Waals surface area (Å²) in [6, 6.07) is 9.55. The van der Waals surface area contributed by atoms with Crippen molar-refractivity contribution in [3.63, 3.8) is 0 Å². The Morgan fingerprint density at radius 2 is 1.97 bits per heavy atom. The molecule has 4 aromatic rings. The smallest absolute Gasteiger partial charge is 0.191 e. The number of hydrogen-bond donors (Lipinski definition) is 0. The Morgan fingerprint density at radius 1 is 1.14 bits per heavy atom. The molecule has 0 aliphatic carbocycles. The molecule has 0 aliphatic rings. The van der Waals surface area contributed by atoms with Crippen molar-refractivity contribution in [2.24, 2.45) is 5.92 Å². The van der Waals surface area contributed by atoms with Crippen LogP contribution in [0.3, 0.4) is 0 Å². The molecule has 0 radical (unpaired) electrons. The molecule has 3 heterocycles. The van der Waals surface area contributed by atoms with Crippen LogP contribution in [0.25, 0.3) is 17.0 Å². The van der Waals surface area contributed by atoms with E-state index in [2.05, 4.69) is 52.2 Å². The molecule has 150 valence electrons. The molecule has 0 spiro atoms. The van der Waals surface area contributed by atoms with Crippen molar-refractivity contribution in [1.82, 2.24) is 24.1 Å². The Balaban J connectivity index is 1.64. The van der Waals surface area contributed by atoms with Gasteiger partial charge in [0.25, 0.3) is 0 Å². The minimum atomic E-state index is 0.438. The maximum absolute atomic E-state index is 6.43. The predicted octanol–water partition coefficient (Wildman–Crippen LogP) is 6.16. The number of benzene rings is 1. The zero-order chi connectivity index (χ0) is 20.5. The number of aryl methyl sites for hydroxylation is 1. The van der Waals surface area contributed by atoms with Gasteiger partial charge >= 0.3 is 0 Å². The monoisotopic (exact) mass is 445 g/mol. The molecule has 4 rings (SSSR count). The summed E-state index contributed by atoms with van der Waals surface area (Å²) in [5.74, 6) is 1.91. The second-order valence-corrected chi connectivity index (χ2v) is 9.16. The second kappa shape index (κ2) is 8.38. The number of fused-ring (bicyclic) bond motifs is 1. The lowest BCUT2D eigenvalue weighted by molar-refractivity contribution is 0.498. The third-order valence-corrected chi connectivity index (χ3v) is 6.06. The first-order chi connectivity index (χ1) is 13.9. The van der Waals surface area contributed by atoms with Crippen LogP contribution < -0.4 is 0 Å². The number of thioether (sulfide) groups is 1. The van der Waals surface area contributed by atoms with Gasteiger partial charge in [-0.3, -0.25) is 0 Å². The van der Waals surface area contributed by atoms with Crippen LogP contribution >= 0.6 is 35.0 Å². The van der Waals surface area contributed by atoms with Crippen LogP contribution in [0.15, 0.2) is 47.9 Å². The van der Waals surface area contributed by atoms with Crippen molar-refractivity contribution in [3.05, 3.63) is 64.0 Å². The summed E-state index contributed by atoms with van der Waals surface area (Å²) in [5.41, 5.74) is 3.99. The van der Waals surface area contributed by atoms with Crippen LogP contribution in [0, 0.1) is 12.8 Å². The first-order valence-electron chi connectivity index (χ1n) is 9.37. The van der Waals surface area contributed by atoms with Crippen molar-refractivity contribution in [1.29, 1.82) is 0 Å². The minimum absolute atomic E-state index is 0.438. The maximum atomic E-state index is 6.43. The quantitative estimate of drug-likeness (QED) is 0.333. The molecule has 0 fully saturated rings. The Kier molecular flexibility index (Phi) is 5.86. The third-order valence-electron chi connectivity index (χ3n) is 4.51. The number of imidazole rings is 1. The van der Waals surface area contributed by atoms with Crippen molar-refractivity contribution in [2.45, 2.75) is 38.2 Å². The average molecular weight is 446 g/mol. The van der Waals surface area contributed by atoms with E-state index in [0.29, 0.717) is 21.7 Å². The van der Waals surface area contributed by atoms with E-state index in [0.717, 1.165) is 40.0 Å². The molecule has 0 atom stereocenters. The number of rotatable bonds is 6. The van der Waals surface area contributed by atoms with Gasteiger partial charge < -0.3 is 8.97 Å². The van der Waals surface area contributed by atoms with Crippen LogP contribution in [0.5, 0.6) is 0 Å². The fourth-order valence-electron chi connectivity index (χ4n) is 3.21. The molecule has 0 unspecified atom stereocenters. The average Bonchev–Trinajstić information content (AvgIpc) is 3.25. The van der Waals surface area contributed by atoms with E-state index >= 15 is 0 Å². The number of hydrogen-bond acceptors (Lipinski definition) is 4. The Bertz CT molecular complexity index is 1170. The van der Waals surface area contributed by atoms with Gasteiger partial charge in [0.05, 0.1) is 10.7 Å². The normalized spacial score (nSPS) is 11.7. The summed E-state index contributed by atoms with van der Waals surface area (Å²) < 4.78 is 4.19. The van der Waals surface area contributed by atoms with Crippen LogP contribution in [-0.4, -0.2) is 24.1 Å². The van der Waals surface area contributed by atoms with Crippen molar-refractivity contribution in [2.75, 3.05) is 0 Å². The summed E-state index contributed by atoms with van der Waals surface area (Å²) in [4.78, 5) is 4.76. The molecular formula is C21H21Cl2N5S. The van der Waals surface area contributed by atoms with Gasteiger partial charge in [0.2, 0.25) is 0 Å². The molecule has 0 N–H and O–H groups in total. The van der Waals surface area contributed by atoms with Gasteiger partial charge in [0.1, 0.15) is 5.65 Å². The van der Waals surface area contributed by atoms with Crippen LogP contribution in [-0.2, 0) is 12.3 Å². The Hall–Kier alpha value is -2.02. The molecule has 0 aliphatic heterocycles. The van der Waals surface area contributed by atoms with Crippen molar-refractivity contribution < 1.29 is 0 Å². The number of aromatic nitrogens is 5. The van der Waals surface area contributed by atoms with Crippen LogP contribution in [0.4, 0.5) is 0 Å². The highest BCUT2D eigenvalue weighted by Gasteiger charge is 2.18. The molecule has 0 saturated heterocycles. The summed E-state index contributed by atoms with van der Waals surface area (Å²) in [6.45, 7) is 7.22. The summed E-state index contributed by atoms with van der Waals surface area (Å²) in [7, 11) is 0. The molecule has 3 aromatic heterocycles. The van der Waals surface area contributed by atoms with E-state index in [9.17, 15) is 0 Å². The topological polar surface area (TPSA) is 48.0 Å². The molecule has 0 bridgehead atoms. The SMILES string of the molecule is Cc1cccn2cc(CSc3nnc(-c4ccc(Cl)cc4Cl)n3CC(C)C)nc12. The third kappa shape index (κ3) is 4.29. The van der Waals surface area contributed by atoms with Gasteiger partial charge in [-0.2, -0.15) is 0 Å². The van der Waals surface area contributed by atoms with Gasteiger partial charge in [-0.05, 0) is 42.7 Å². The summed E-state index contributed by atoms with van der Waals surface area (Å²) in [5, 5.41) is 10.9. The molecule has 0 saturated carbocycles. The van der Waals surface area contributed by atoms with Crippen LogP contribution in [0.2, 0.25) is 10.0 Å². The van der Waals surface area contributed by atoms with E-state index in [1.165, 1.54) is 0 Å². The zero-order valence-electron chi connectivity index (χ0n) is 16.4. The van der Waals surface area contributed by atoms with Crippen molar-refractivity contribution >= 4 is 40.6 Å². The molecule has 5 nitrogen and oxygen atoms in total. The minimum Gasteiger partial charge on any atom is -0.307 e. The van der Waals surface area contributed by atoms with Crippen molar-refractivity contribution in [3.8, 4) is 11.4 Å². The summed E-state index contributed by atoms with van der Waals surface area (Å²) >= 11 is 14.1.